The Labute approximate surface area is 156 Å². The number of halogens is 1. The topological polar surface area (TPSA) is 45.8 Å². The predicted molar refractivity (Wildman–Crippen MR) is 101 cm³/mol. The third kappa shape index (κ3) is 3.04. The van der Waals surface area contributed by atoms with E-state index in [4.69, 9.17) is 16.0 Å². The zero-order valence-electron chi connectivity index (χ0n) is 14.2. The molecule has 26 heavy (non-hydrogen) atoms. The van der Waals surface area contributed by atoms with Crippen molar-refractivity contribution >= 4 is 23.2 Å². The van der Waals surface area contributed by atoms with Crippen LogP contribution in [0.25, 0.3) is 0 Å². The smallest absolute Gasteiger partial charge is 0.274 e. The molecule has 0 aliphatic carbocycles. The van der Waals surface area contributed by atoms with Crippen LogP contribution in [0.1, 0.15) is 39.7 Å². The van der Waals surface area contributed by atoms with E-state index >= 15 is 0 Å². The van der Waals surface area contributed by atoms with Crippen molar-refractivity contribution in [2.75, 3.05) is 0 Å². The van der Waals surface area contributed by atoms with Crippen LogP contribution in [0.15, 0.2) is 76.4 Å². The van der Waals surface area contributed by atoms with E-state index in [1.807, 2.05) is 67.6 Å². The Balaban J connectivity index is 1.73. The number of hydrogen-bond acceptors (Lipinski definition) is 3. The van der Waals surface area contributed by atoms with Gasteiger partial charge in [0.25, 0.3) is 5.91 Å². The molecule has 0 fully saturated rings. The lowest BCUT2D eigenvalue weighted by Gasteiger charge is -2.20. The van der Waals surface area contributed by atoms with Gasteiger partial charge in [-0.3, -0.25) is 4.79 Å². The van der Waals surface area contributed by atoms with Crippen molar-refractivity contribution in [3.63, 3.8) is 0 Å². The van der Waals surface area contributed by atoms with Gasteiger partial charge >= 0.3 is 0 Å². The highest BCUT2D eigenvalue weighted by Gasteiger charge is 2.35. The molecule has 0 spiro atoms. The normalized spacial score (nSPS) is 16.6. The van der Waals surface area contributed by atoms with Gasteiger partial charge in [0.1, 0.15) is 11.8 Å². The van der Waals surface area contributed by atoms with Gasteiger partial charge in [-0.2, -0.15) is 5.10 Å². The molecule has 5 heteroatoms. The Morgan fingerprint density at radius 2 is 1.88 bits per heavy atom. The van der Waals surface area contributed by atoms with Crippen LogP contribution in [0.3, 0.4) is 0 Å². The zero-order valence-corrected chi connectivity index (χ0v) is 15.0. The molecule has 4 rings (SSSR count). The molecule has 0 N–H and O–H groups in total. The van der Waals surface area contributed by atoms with Gasteiger partial charge in [-0.25, -0.2) is 5.01 Å². The van der Waals surface area contributed by atoms with Crippen LogP contribution in [0.4, 0.5) is 0 Å². The Morgan fingerprint density at radius 3 is 2.58 bits per heavy atom. The second kappa shape index (κ2) is 6.81. The summed E-state index contributed by atoms with van der Waals surface area (Å²) >= 11 is 5.99. The van der Waals surface area contributed by atoms with Crippen LogP contribution in [0.5, 0.6) is 0 Å². The second-order valence-corrected chi connectivity index (χ2v) is 6.69. The average molecular weight is 365 g/mol. The first-order chi connectivity index (χ1) is 12.6. The van der Waals surface area contributed by atoms with E-state index in [1.165, 1.54) is 5.01 Å². The first-order valence-corrected chi connectivity index (χ1v) is 8.77. The van der Waals surface area contributed by atoms with Gasteiger partial charge in [0, 0.05) is 17.0 Å². The monoisotopic (exact) mass is 364 g/mol. The van der Waals surface area contributed by atoms with E-state index < -0.39 is 0 Å². The van der Waals surface area contributed by atoms with Crippen LogP contribution in [-0.2, 0) is 0 Å². The number of rotatable bonds is 3. The fourth-order valence-corrected chi connectivity index (χ4v) is 3.28. The maximum absolute atomic E-state index is 13.2. The van der Waals surface area contributed by atoms with Gasteiger partial charge in [-0.05, 0) is 48.4 Å². The van der Waals surface area contributed by atoms with Crippen molar-refractivity contribution in [3.05, 3.63) is 94.4 Å². The molecule has 1 aliphatic heterocycles. The molecule has 2 aromatic carbocycles. The third-order valence-corrected chi connectivity index (χ3v) is 4.79. The maximum atomic E-state index is 13.2. The van der Waals surface area contributed by atoms with Gasteiger partial charge in [0.15, 0.2) is 0 Å². The Hall–Kier alpha value is -2.85. The van der Waals surface area contributed by atoms with Crippen LogP contribution in [0, 0.1) is 6.92 Å². The third-order valence-electron chi connectivity index (χ3n) is 4.54. The summed E-state index contributed by atoms with van der Waals surface area (Å²) < 4.78 is 5.58. The molecule has 0 radical (unpaired) electrons. The van der Waals surface area contributed by atoms with E-state index in [1.54, 1.807) is 6.26 Å². The minimum Gasteiger partial charge on any atom is -0.467 e. The van der Waals surface area contributed by atoms with Crippen LogP contribution in [0.2, 0.25) is 5.02 Å². The Bertz CT molecular complexity index is 962. The average Bonchev–Trinajstić information content (AvgIpc) is 3.32. The summed E-state index contributed by atoms with van der Waals surface area (Å²) in [5.41, 5.74) is 3.35. The Kier molecular flexibility index (Phi) is 4.35. The highest BCUT2D eigenvalue weighted by molar-refractivity contribution is 6.30. The minimum atomic E-state index is -0.261. The maximum Gasteiger partial charge on any atom is 0.274 e. The number of hydrogen-bond donors (Lipinski definition) is 0. The van der Waals surface area contributed by atoms with Crippen LogP contribution < -0.4 is 0 Å². The summed E-state index contributed by atoms with van der Waals surface area (Å²) in [4.78, 5) is 13.2. The lowest BCUT2D eigenvalue weighted by Crippen LogP contribution is -2.27. The zero-order chi connectivity index (χ0) is 18.1. The molecule has 1 amide bonds. The number of carbonyl (C=O) groups is 1. The molecular weight excluding hydrogens is 348 g/mol. The molecule has 130 valence electrons. The molecule has 1 atom stereocenters. The summed E-state index contributed by atoms with van der Waals surface area (Å²) in [6.07, 6.45) is 2.21. The fourth-order valence-electron chi connectivity index (χ4n) is 3.15. The van der Waals surface area contributed by atoms with E-state index in [9.17, 15) is 4.79 Å². The summed E-state index contributed by atoms with van der Waals surface area (Å²) in [6, 6.07) is 18.5. The highest BCUT2D eigenvalue weighted by Crippen LogP contribution is 2.34. The van der Waals surface area contributed by atoms with Crippen molar-refractivity contribution in [2.45, 2.75) is 19.4 Å². The molecule has 2 heterocycles. The molecule has 0 saturated heterocycles. The summed E-state index contributed by atoms with van der Waals surface area (Å²) in [5, 5.41) is 6.84. The second-order valence-electron chi connectivity index (χ2n) is 6.25. The number of benzene rings is 2. The summed E-state index contributed by atoms with van der Waals surface area (Å²) in [5.74, 6) is 0.591. The van der Waals surface area contributed by atoms with Crippen LogP contribution >= 0.6 is 11.6 Å². The van der Waals surface area contributed by atoms with E-state index in [0.717, 1.165) is 22.6 Å². The summed E-state index contributed by atoms with van der Waals surface area (Å²) in [7, 11) is 0. The van der Waals surface area contributed by atoms with Gasteiger partial charge < -0.3 is 4.42 Å². The standard InChI is InChI=1S/C21H17ClN2O2/c1-14-5-2-3-6-17(14)21(25)24-19(20-7-4-12-26-20)13-18(23-24)15-8-10-16(22)11-9-15/h2-12,19H,13H2,1H3/t19-/m0/s1. The summed E-state index contributed by atoms with van der Waals surface area (Å²) in [6.45, 7) is 1.93. The quantitative estimate of drug-likeness (QED) is 0.638. The number of nitrogens with zero attached hydrogens (tertiary/aromatic N) is 2. The Morgan fingerprint density at radius 1 is 1.12 bits per heavy atom. The molecule has 4 nitrogen and oxygen atoms in total. The number of furan rings is 1. The van der Waals surface area contributed by atoms with Crippen LogP contribution in [-0.4, -0.2) is 16.6 Å². The number of aryl methyl sites for hydroxylation is 1. The van der Waals surface area contributed by atoms with Gasteiger partial charge in [0.2, 0.25) is 0 Å². The van der Waals surface area contributed by atoms with E-state index in [2.05, 4.69) is 5.10 Å². The van der Waals surface area contributed by atoms with Gasteiger partial charge in [0.05, 0.1) is 12.0 Å². The first kappa shape index (κ1) is 16.6. The number of hydrazone groups is 1. The van der Waals surface area contributed by atoms with E-state index in [0.29, 0.717) is 17.0 Å². The molecule has 0 unspecified atom stereocenters. The minimum absolute atomic E-state index is 0.131. The molecule has 0 saturated carbocycles. The number of amides is 1. The van der Waals surface area contributed by atoms with Crippen molar-refractivity contribution in [1.82, 2.24) is 5.01 Å². The lowest BCUT2D eigenvalue weighted by atomic mass is 10.0. The molecule has 1 aromatic heterocycles. The van der Waals surface area contributed by atoms with E-state index in [-0.39, 0.29) is 11.9 Å². The van der Waals surface area contributed by atoms with Gasteiger partial charge in [-0.1, -0.05) is 41.9 Å². The largest absolute Gasteiger partial charge is 0.467 e. The lowest BCUT2D eigenvalue weighted by molar-refractivity contribution is 0.0692. The van der Waals surface area contributed by atoms with Crippen molar-refractivity contribution < 1.29 is 9.21 Å². The number of carbonyl (C=O) groups excluding carboxylic acids is 1. The SMILES string of the molecule is Cc1ccccc1C(=O)N1N=C(c2ccc(Cl)cc2)C[C@H]1c1ccco1. The van der Waals surface area contributed by atoms with Crippen molar-refractivity contribution in [1.29, 1.82) is 0 Å². The predicted octanol–water partition coefficient (Wildman–Crippen LogP) is 5.23. The first-order valence-electron chi connectivity index (χ1n) is 8.39. The molecule has 0 bridgehead atoms. The molecule has 1 aliphatic rings. The highest BCUT2D eigenvalue weighted by atomic mass is 35.5. The molecule has 3 aromatic rings. The van der Waals surface area contributed by atoms with Gasteiger partial charge in [-0.15, -0.1) is 0 Å². The van der Waals surface area contributed by atoms with Crippen molar-refractivity contribution in [3.8, 4) is 0 Å². The molecular formula is C21H17ClN2O2. The fraction of sp³-hybridized carbons (Fsp3) is 0.143. The van der Waals surface area contributed by atoms with Crippen molar-refractivity contribution in [2.24, 2.45) is 5.10 Å².